The lowest BCUT2D eigenvalue weighted by atomic mass is 10.2. The molecule has 31 heavy (non-hydrogen) atoms. The molecule has 2 unspecified atom stereocenters. The van der Waals surface area contributed by atoms with Gasteiger partial charge in [0.15, 0.2) is 0 Å². The van der Waals surface area contributed by atoms with Crippen molar-refractivity contribution in [1.29, 1.82) is 0 Å². The molecular formula is C19H16N6O6. The fourth-order valence-corrected chi connectivity index (χ4v) is 2.72. The number of benzene rings is 2. The summed E-state index contributed by atoms with van der Waals surface area (Å²) in [5.74, 6) is -2.03. The van der Waals surface area contributed by atoms with Crippen molar-refractivity contribution in [1.82, 2.24) is 10.9 Å². The van der Waals surface area contributed by atoms with E-state index in [9.17, 15) is 29.8 Å². The number of hydrogen-bond acceptors (Lipinski definition) is 8. The number of carbonyl (C=O) groups is 2. The molecule has 0 saturated heterocycles. The average Bonchev–Trinajstić information content (AvgIpc) is 3.55. The third-order valence-electron chi connectivity index (χ3n) is 4.40. The molecule has 0 spiro atoms. The predicted molar refractivity (Wildman–Crippen MR) is 109 cm³/mol. The van der Waals surface area contributed by atoms with Gasteiger partial charge < -0.3 is 0 Å². The van der Waals surface area contributed by atoms with Crippen LogP contribution >= 0.6 is 0 Å². The zero-order valence-corrected chi connectivity index (χ0v) is 15.9. The molecule has 0 bridgehead atoms. The summed E-state index contributed by atoms with van der Waals surface area (Å²) in [5, 5.41) is 29.0. The third-order valence-corrected chi connectivity index (χ3v) is 4.40. The van der Waals surface area contributed by atoms with Gasteiger partial charge in [0.05, 0.1) is 34.1 Å². The van der Waals surface area contributed by atoms with Gasteiger partial charge in [0.1, 0.15) is 0 Å². The van der Waals surface area contributed by atoms with E-state index in [1.807, 2.05) is 0 Å². The highest BCUT2D eigenvalue weighted by atomic mass is 16.6. The molecule has 158 valence electrons. The Morgan fingerprint density at radius 1 is 0.839 bits per heavy atom. The minimum atomic E-state index is -0.560. The minimum absolute atomic E-state index is 0.0973. The van der Waals surface area contributed by atoms with Crippen molar-refractivity contribution < 1.29 is 19.4 Å². The molecule has 2 amide bonds. The van der Waals surface area contributed by atoms with Crippen LogP contribution in [-0.2, 0) is 9.59 Å². The summed E-state index contributed by atoms with van der Waals surface area (Å²) in [7, 11) is 0. The van der Waals surface area contributed by atoms with Gasteiger partial charge in [0, 0.05) is 35.4 Å². The van der Waals surface area contributed by atoms with Crippen LogP contribution < -0.4 is 10.9 Å². The van der Waals surface area contributed by atoms with Gasteiger partial charge in [-0.15, -0.1) is 0 Å². The Hall–Kier alpha value is -4.48. The maximum absolute atomic E-state index is 12.1. The van der Waals surface area contributed by atoms with E-state index in [0.717, 1.165) is 0 Å². The number of hydrogen-bond donors (Lipinski definition) is 2. The molecule has 0 radical (unpaired) electrons. The SMILES string of the molecule is O=C(N/N=C/c1cccc([N+](=O)[O-])c1)C1CC1C(=O)N/N=C/c1cccc([N+](=O)[O-])c1. The number of amides is 2. The number of nitro benzene ring substituents is 2. The Bertz CT molecular complexity index is 1010. The van der Waals surface area contributed by atoms with Crippen LogP contribution in [0.15, 0.2) is 58.7 Å². The molecule has 0 heterocycles. The summed E-state index contributed by atoms with van der Waals surface area (Å²) >= 11 is 0. The van der Waals surface area contributed by atoms with E-state index in [2.05, 4.69) is 21.1 Å². The Morgan fingerprint density at radius 2 is 1.26 bits per heavy atom. The second kappa shape index (κ2) is 9.35. The molecule has 3 rings (SSSR count). The lowest BCUT2D eigenvalue weighted by Crippen LogP contribution is -2.25. The fourth-order valence-electron chi connectivity index (χ4n) is 2.72. The molecule has 2 aromatic rings. The molecule has 1 aliphatic rings. The maximum atomic E-state index is 12.1. The second-order valence-electron chi connectivity index (χ2n) is 6.62. The van der Waals surface area contributed by atoms with Crippen LogP contribution in [-0.4, -0.2) is 34.1 Å². The first-order valence-electron chi connectivity index (χ1n) is 9.00. The largest absolute Gasteiger partial charge is 0.273 e. The lowest BCUT2D eigenvalue weighted by Gasteiger charge is -2.00. The van der Waals surface area contributed by atoms with Gasteiger partial charge in [-0.2, -0.15) is 10.2 Å². The summed E-state index contributed by atoms with van der Waals surface area (Å²) in [5.41, 5.74) is 5.29. The summed E-state index contributed by atoms with van der Waals surface area (Å²) in [6.45, 7) is 0. The van der Waals surface area contributed by atoms with Gasteiger partial charge in [0.25, 0.3) is 11.4 Å². The topological polar surface area (TPSA) is 169 Å². The first-order chi connectivity index (χ1) is 14.8. The Kier molecular flexibility index (Phi) is 6.40. The van der Waals surface area contributed by atoms with Crippen molar-refractivity contribution in [2.75, 3.05) is 0 Å². The minimum Gasteiger partial charge on any atom is -0.273 e. The maximum Gasteiger partial charge on any atom is 0.270 e. The molecule has 1 aliphatic carbocycles. The predicted octanol–water partition coefficient (Wildman–Crippen LogP) is 1.74. The van der Waals surface area contributed by atoms with Crippen molar-refractivity contribution in [3.05, 3.63) is 79.9 Å². The second-order valence-corrected chi connectivity index (χ2v) is 6.62. The number of hydrazone groups is 2. The lowest BCUT2D eigenvalue weighted by molar-refractivity contribution is -0.385. The van der Waals surface area contributed by atoms with E-state index in [0.29, 0.717) is 17.5 Å². The van der Waals surface area contributed by atoms with Crippen molar-refractivity contribution in [2.45, 2.75) is 6.42 Å². The molecule has 12 nitrogen and oxygen atoms in total. The smallest absolute Gasteiger partial charge is 0.270 e. The molecule has 12 heteroatoms. The fraction of sp³-hybridized carbons (Fsp3) is 0.158. The van der Waals surface area contributed by atoms with Crippen LogP contribution in [0.4, 0.5) is 11.4 Å². The summed E-state index contributed by atoms with van der Waals surface area (Å²) < 4.78 is 0. The van der Waals surface area contributed by atoms with E-state index >= 15 is 0 Å². The molecule has 1 saturated carbocycles. The zero-order valence-electron chi connectivity index (χ0n) is 15.9. The van der Waals surface area contributed by atoms with Gasteiger partial charge in [-0.1, -0.05) is 24.3 Å². The summed E-state index contributed by atoms with van der Waals surface area (Å²) in [6, 6.07) is 11.5. The van der Waals surface area contributed by atoms with Gasteiger partial charge >= 0.3 is 0 Å². The van der Waals surface area contributed by atoms with Crippen LogP contribution in [0.25, 0.3) is 0 Å². The highest BCUT2D eigenvalue weighted by molar-refractivity contribution is 5.93. The van der Waals surface area contributed by atoms with Crippen LogP contribution in [0.3, 0.4) is 0 Å². The van der Waals surface area contributed by atoms with Crippen LogP contribution in [0, 0.1) is 32.1 Å². The number of carbonyl (C=O) groups excluding carboxylic acids is 2. The Morgan fingerprint density at radius 3 is 1.65 bits per heavy atom. The van der Waals surface area contributed by atoms with Crippen LogP contribution in [0.5, 0.6) is 0 Å². The molecule has 1 fully saturated rings. The molecule has 0 aromatic heterocycles. The number of rotatable bonds is 8. The van der Waals surface area contributed by atoms with Crippen LogP contribution in [0.2, 0.25) is 0 Å². The number of non-ortho nitro benzene ring substituents is 2. The van der Waals surface area contributed by atoms with Gasteiger partial charge in [-0.25, -0.2) is 10.9 Å². The Balaban J connectivity index is 1.46. The standard InChI is InChI=1S/C19H16N6O6/c26-18(22-20-10-12-3-1-5-14(7-12)24(28)29)16-9-17(16)19(27)23-21-11-13-4-2-6-15(8-13)25(30)31/h1-8,10-11,16-17H,9H2,(H,22,26)(H,23,27)/b20-10+,21-11+. The van der Waals surface area contributed by atoms with E-state index in [-0.39, 0.29) is 11.4 Å². The molecular weight excluding hydrogens is 408 g/mol. The van der Waals surface area contributed by atoms with E-state index < -0.39 is 33.5 Å². The molecule has 2 aromatic carbocycles. The first-order valence-corrected chi connectivity index (χ1v) is 9.00. The third kappa shape index (κ3) is 5.76. The molecule has 2 atom stereocenters. The summed E-state index contributed by atoms with van der Waals surface area (Å²) in [6.07, 6.45) is 2.87. The normalized spacial score (nSPS) is 17.4. The molecule has 0 aliphatic heterocycles. The summed E-state index contributed by atoms with van der Waals surface area (Å²) in [4.78, 5) is 44.6. The van der Waals surface area contributed by atoms with Crippen molar-refractivity contribution in [3.63, 3.8) is 0 Å². The highest BCUT2D eigenvalue weighted by Crippen LogP contribution is 2.38. The highest BCUT2D eigenvalue weighted by Gasteiger charge is 2.48. The number of nitro groups is 2. The van der Waals surface area contributed by atoms with Gasteiger partial charge in [-0.05, 0) is 6.42 Å². The zero-order chi connectivity index (χ0) is 22.4. The van der Waals surface area contributed by atoms with Crippen molar-refractivity contribution in [2.24, 2.45) is 22.0 Å². The van der Waals surface area contributed by atoms with E-state index in [4.69, 9.17) is 0 Å². The van der Waals surface area contributed by atoms with Gasteiger partial charge in [-0.3, -0.25) is 29.8 Å². The Labute approximate surface area is 174 Å². The monoisotopic (exact) mass is 424 g/mol. The van der Waals surface area contributed by atoms with Crippen LogP contribution in [0.1, 0.15) is 17.5 Å². The number of nitrogens with one attached hydrogen (secondary N) is 2. The van der Waals surface area contributed by atoms with Crippen molar-refractivity contribution >= 4 is 35.6 Å². The number of nitrogens with zero attached hydrogens (tertiary/aromatic N) is 4. The average molecular weight is 424 g/mol. The van der Waals surface area contributed by atoms with Crippen molar-refractivity contribution in [3.8, 4) is 0 Å². The quantitative estimate of drug-likeness (QED) is 0.371. The van der Waals surface area contributed by atoms with Gasteiger partial charge in [0.2, 0.25) is 11.8 Å². The first kappa shape index (κ1) is 21.2. The van der Waals surface area contributed by atoms with E-state index in [1.54, 1.807) is 12.1 Å². The molecule has 2 N–H and O–H groups in total. The van der Waals surface area contributed by atoms with E-state index in [1.165, 1.54) is 48.8 Å².